The van der Waals surface area contributed by atoms with Gasteiger partial charge in [0.15, 0.2) is 23.8 Å². The van der Waals surface area contributed by atoms with E-state index in [4.69, 9.17) is 14.2 Å². The Morgan fingerprint density at radius 1 is 1.10 bits per heavy atom. The summed E-state index contributed by atoms with van der Waals surface area (Å²) in [7, 11) is 3.12. The van der Waals surface area contributed by atoms with Crippen LogP contribution in [0.2, 0.25) is 0 Å². The Hall–Kier alpha value is -3.36. The maximum atomic E-state index is 12.1. The van der Waals surface area contributed by atoms with Crippen molar-refractivity contribution < 1.29 is 23.8 Å². The third kappa shape index (κ3) is 6.61. The molecule has 0 spiro atoms. The number of aryl methyl sites for hydroxylation is 1. The Morgan fingerprint density at radius 2 is 1.87 bits per heavy atom. The number of ether oxygens (including phenoxy) is 3. The van der Waals surface area contributed by atoms with Gasteiger partial charge in [-0.3, -0.25) is 9.59 Å². The van der Waals surface area contributed by atoms with Crippen molar-refractivity contribution in [3.05, 3.63) is 51.9 Å². The average molecular weight is 417 g/mol. The van der Waals surface area contributed by atoms with Gasteiger partial charge in [0.1, 0.15) is 0 Å². The van der Waals surface area contributed by atoms with Crippen LogP contribution in [0.25, 0.3) is 0 Å². The highest BCUT2D eigenvalue weighted by Crippen LogP contribution is 2.27. The molecular weight excluding hydrogens is 390 g/mol. The van der Waals surface area contributed by atoms with E-state index in [-0.39, 0.29) is 11.3 Å². The van der Waals surface area contributed by atoms with E-state index < -0.39 is 18.5 Å². The summed E-state index contributed by atoms with van der Waals surface area (Å²) < 4.78 is 16.7. The second kappa shape index (κ2) is 11.6. The Morgan fingerprint density at radius 3 is 2.57 bits per heavy atom. The maximum absolute atomic E-state index is 12.1. The van der Waals surface area contributed by atoms with Gasteiger partial charge >= 0.3 is 5.97 Å². The number of carbonyl (C=O) groups excluding carboxylic acids is 2. The van der Waals surface area contributed by atoms with Gasteiger partial charge in [-0.2, -0.15) is 5.10 Å². The van der Waals surface area contributed by atoms with Crippen LogP contribution in [-0.2, 0) is 22.5 Å². The van der Waals surface area contributed by atoms with Crippen LogP contribution in [0.3, 0.4) is 0 Å². The van der Waals surface area contributed by atoms with Gasteiger partial charge in [-0.1, -0.05) is 19.4 Å². The molecule has 0 unspecified atom stereocenters. The number of carbonyl (C=O) groups is 2. The van der Waals surface area contributed by atoms with Crippen molar-refractivity contribution in [1.82, 2.24) is 15.1 Å². The number of hydrogen-bond donors (Lipinski definition) is 1. The number of benzene rings is 1. The van der Waals surface area contributed by atoms with Gasteiger partial charge in [-0.25, -0.2) is 9.48 Å². The monoisotopic (exact) mass is 417 g/mol. The molecule has 0 atom stereocenters. The molecule has 30 heavy (non-hydrogen) atoms. The van der Waals surface area contributed by atoms with Crippen molar-refractivity contribution in [1.29, 1.82) is 0 Å². The zero-order valence-corrected chi connectivity index (χ0v) is 17.5. The Labute approximate surface area is 174 Å². The van der Waals surface area contributed by atoms with E-state index in [1.54, 1.807) is 20.3 Å². The fourth-order valence-corrected chi connectivity index (χ4v) is 2.66. The molecule has 2 rings (SSSR count). The lowest BCUT2D eigenvalue weighted by molar-refractivity contribution is -0.124. The highest BCUT2D eigenvalue weighted by molar-refractivity contribution is 5.89. The fraction of sp³-hybridized carbons (Fsp3) is 0.429. The number of unbranched alkanes of at least 4 members (excludes halogenated alkanes) is 1. The minimum atomic E-state index is -0.754. The quantitative estimate of drug-likeness (QED) is 0.553. The zero-order chi connectivity index (χ0) is 21.9. The first kappa shape index (κ1) is 22.9. The first-order valence-electron chi connectivity index (χ1n) is 9.71. The van der Waals surface area contributed by atoms with Gasteiger partial charge in [0.2, 0.25) is 0 Å². The van der Waals surface area contributed by atoms with Gasteiger partial charge in [0.25, 0.3) is 11.5 Å². The second-order valence-electron chi connectivity index (χ2n) is 6.50. The molecule has 2 aromatic rings. The van der Waals surface area contributed by atoms with Crippen molar-refractivity contribution in [2.45, 2.75) is 32.7 Å². The first-order valence-corrected chi connectivity index (χ1v) is 9.71. The molecule has 0 saturated carbocycles. The molecule has 0 aliphatic heterocycles. The number of nitrogens with zero attached hydrogens (tertiary/aromatic N) is 2. The summed E-state index contributed by atoms with van der Waals surface area (Å²) in [6.45, 7) is 2.35. The number of nitrogens with one attached hydrogen (secondary N) is 1. The van der Waals surface area contributed by atoms with E-state index in [1.165, 1.54) is 16.8 Å². The zero-order valence-electron chi connectivity index (χ0n) is 17.5. The number of esters is 1. The summed E-state index contributed by atoms with van der Waals surface area (Å²) in [6.07, 6.45) is 2.24. The van der Waals surface area contributed by atoms with Crippen molar-refractivity contribution >= 4 is 11.9 Å². The van der Waals surface area contributed by atoms with Gasteiger partial charge in [-0.15, -0.1) is 0 Å². The van der Waals surface area contributed by atoms with Crippen LogP contribution in [0, 0.1) is 0 Å². The molecule has 1 amide bonds. The van der Waals surface area contributed by atoms with Crippen molar-refractivity contribution in [2.24, 2.45) is 0 Å². The molecule has 0 fully saturated rings. The summed E-state index contributed by atoms with van der Waals surface area (Å²) in [5.74, 6) is 0.0632. The molecule has 0 saturated heterocycles. The van der Waals surface area contributed by atoms with Crippen LogP contribution in [0.4, 0.5) is 0 Å². The van der Waals surface area contributed by atoms with E-state index in [0.29, 0.717) is 31.0 Å². The normalized spacial score (nSPS) is 10.4. The molecule has 162 valence electrons. The van der Waals surface area contributed by atoms with Crippen molar-refractivity contribution in [2.75, 3.05) is 27.4 Å². The summed E-state index contributed by atoms with van der Waals surface area (Å²) >= 11 is 0. The molecular formula is C21H27N3O6. The molecule has 0 radical (unpaired) electrons. The van der Waals surface area contributed by atoms with Crippen LogP contribution >= 0.6 is 0 Å². The third-order valence-electron chi connectivity index (χ3n) is 4.32. The molecule has 1 N–H and O–H groups in total. The SMILES string of the molecule is CCCCn1nc(C(=O)OCC(=O)NCCc2ccc(OC)c(OC)c2)ccc1=O. The van der Waals surface area contributed by atoms with Crippen LogP contribution in [-0.4, -0.2) is 49.0 Å². The minimum absolute atomic E-state index is 0.0103. The molecule has 9 nitrogen and oxygen atoms in total. The standard InChI is InChI=1S/C21H27N3O6/c1-4-5-12-24-20(26)9-7-16(23-24)21(27)30-14-19(25)22-11-10-15-6-8-17(28-2)18(13-15)29-3/h6-9,13H,4-5,10-12,14H2,1-3H3,(H,22,25). The number of amides is 1. The molecule has 1 heterocycles. The number of hydrogen-bond acceptors (Lipinski definition) is 7. The molecule has 0 bridgehead atoms. The molecule has 1 aromatic carbocycles. The lowest BCUT2D eigenvalue weighted by atomic mass is 10.1. The molecule has 0 aliphatic rings. The van der Waals surface area contributed by atoms with Gasteiger partial charge in [0.05, 0.1) is 14.2 Å². The first-order chi connectivity index (χ1) is 14.5. The predicted molar refractivity (Wildman–Crippen MR) is 110 cm³/mol. The smallest absolute Gasteiger partial charge is 0.359 e. The summed E-state index contributed by atoms with van der Waals surface area (Å²) in [5.41, 5.74) is 0.667. The Kier molecular flexibility index (Phi) is 8.86. The highest BCUT2D eigenvalue weighted by Gasteiger charge is 2.13. The number of aromatic nitrogens is 2. The van der Waals surface area contributed by atoms with E-state index >= 15 is 0 Å². The van der Waals surface area contributed by atoms with E-state index in [1.807, 2.05) is 19.1 Å². The third-order valence-corrected chi connectivity index (χ3v) is 4.32. The highest BCUT2D eigenvalue weighted by atomic mass is 16.5. The summed E-state index contributed by atoms with van der Waals surface area (Å²) in [4.78, 5) is 35.8. The number of methoxy groups -OCH3 is 2. The summed E-state index contributed by atoms with van der Waals surface area (Å²) in [6, 6.07) is 8.08. The van der Waals surface area contributed by atoms with Gasteiger partial charge in [-0.05, 0) is 36.6 Å². The predicted octanol–water partition coefficient (Wildman–Crippen LogP) is 1.58. The van der Waals surface area contributed by atoms with E-state index in [0.717, 1.165) is 18.4 Å². The second-order valence-corrected chi connectivity index (χ2v) is 6.50. The maximum Gasteiger partial charge on any atom is 0.359 e. The van der Waals surface area contributed by atoms with Crippen LogP contribution in [0.1, 0.15) is 35.8 Å². The average Bonchev–Trinajstić information content (AvgIpc) is 2.76. The number of rotatable bonds is 11. The molecule has 9 heteroatoms. The van der Waals surface area contributed by atoms with Crippen molar-refractivity contribution in [3.8, 4) is 11.5 Å². The van der Waals surface area contributed by atoms with Crippen molar-refractivity contribution in [3.63, 3.8) is 0 Å². The van der Waals surface area contributed by atoms with E-state index in [9.17, 15) is 14.4 Å². The lowest BCUT2D eigenvalue weighted by Gasteiger charge is -2.10. The minimum Gasteiger partial charge on any atom is -0.493 e. The Balaban J connectivity index is 1.80. The Bertz CT molecular complexity index is 925. The molecule has 1 aromatic heterocycles. The molecule has 0 aliphatic carbocycles. The van der Waals surface area contributed by atoms with Crippen LogP contribution in [0.5, 0.6) is 11.5 Å². The topological polar surface area (TPSA) is 109 Å². The summed E-state index contributed by atoms with van der Waals surface area (Å²) in [5, 5.41) is 6.68. The van der Waals surface area contributed by atoms with Gasteiger partial charge < -0.3 is 19.5 Å². The van der Waals surface area contributed by atoms with E-state index in [2.05, 4.69) is 10.4 Å². The largest absolute Gasteiger partial charge is 0.493 e. The van der Waals surface area contributed by atoms with Crippen LogP contribution < -0.4 is 20.3 Å². The van der Waals surface area contributed by atoms with Crippen LogP contribution in [0.15, 0.2) is 35.1 Å². The lowest BCUT2D eigenvalue weighted by Crippen LogP contribution is -2.31. The van der Waals surface area contributed by atoms with Gasteiger partial charge in [0, 0.05) is 19.2 Å². The fourth-order valence-electron chi connectivity index (χ4n) is 2.66.